The normalized spacial score (nSPS) is 16.3. The molecule has 9 heteroatoms. The topological polar surface area (TPSA) is 110 Å². The lowest BCUT2D eigenvalue weighted by atomic mass is 9.83. The smallest absolute Gasteiger partial charge is 0.341 e. The van der Waals surface area contributed by atoms with E-state index in [9.17, 15) is 18.0 Å². The van der Waals surface area contributed by atoms with E-state index in [1.54, 1.807) is 0 Å². The minimum absolute atomic E-state index is 0.117. The number of carboxylic acids is 1. The molecule has 0 spiro atoms. The van der Waals surface area contributed by atoms with Crippen LogP contribution in [0.2, 0.25) is 5.02 Å². The number of benzene rings is 1. The number of ether oxygens (including phenoxy) is 1. The van der Waals surface area contributed by atoms with E-state index in [4.69, 9.17) is 21.4 Å². The Kier molecular flexibility index (Phi) is 4.86. The van der Waals surface area contributed by atoms with E-state index < -0.39 is 33.1 Å². The van der Waals surface area contributed by atoms with Gasteiger partial charge in [-0.2, -0.15) is 0 Å². The second kappa shape index (κ2) is 6.37. The van der Waals surface area contributed by atoms with Crippen LogP contribution < -0.4 is 10.1 Å². The highest BCUT2D eigenvalue weighted by atomic mass is 35.5. The van der Waals surface area contributed by atoms with Crippen molar-refractivity contribution in [3.8, 4) is 5.75 Å². The molecule has 23 heavy (non-hydrogen) atoms. The van der Waals surface area contributed by atoms with Crippen molar-refractivity contribution in [3.05, 3.63) is 23.2 Å². The van der Waals surface area contributed by atoms with Gasteiger partial charge in [0.2, 0.25) is 5.91 Å². The van der Waals surface area contributed by atoms with Crippen LogP contribution in [-0.2, 0) is 19.4 Å². The Hall–Kier alpha value is -1.80. The maximum atomic E-state index is 12.3. The zero-order valence-corrected chi connectivity index (χ0v) is 13.9. The number of hydrogen-bond acceptors (Lipinski definition) is 5. The molecule has 2 rings (SSSR count). The maximum absolute atomic E-state index is 12.3. The van der Waals surface area contributed by atoms with Crippen LogP contribution in [0.15, 0.2) is 18.2 Å². The van der Waals surface area contributed by atoms with Crippen molar-refractivity contribution >= 4 is 39.0 Å². The highest BCUT2D eigenvalue weighted by Crippen LogP contribution is 2.40. The van der Waals surface area contributed by atoms with Crippen molar-refractivity contribution in [2.24, 2.45) is 0 Å². The summed E-state index contributed by atoms with van der Waals surface area (Å²) in [4.78, 5) is 22.8. The highest BCUT2D eigenvalue weighted by Gasteiger charge is 2.52. The maximum Gasteiger partial charge on any atom is 0.341 e. The van der Waals surface area contributed by atoms with Crippen LogP contribution in [0.4, 0.5) is 5.69 Å². The first-order valence-electron chi connectivity index (χ1n) is 6.81. The number of carbonyl (C=O) groups is 2. The van der Waals surface area contributed by atoms with Crippen LogP contribution in [0.25, 0.3) is 0 Å². The van der Waals surface area contributed by atoms with Crippen molar-refractivity contribution in [1.29, 1.82) is 0 Å². The third kappa shape index (κ3) is 3.59. The third-order valence-corrected chi connectivity index (χ3v) is 6.13. The van der Waals surface area contributed by atoms with Crippen LogP contribution in [0, 0.1) is 0 Å². The molecule has 2 N–H and O–H groups in total. The Labute approximate surface area is 138 Å². The molecule has 7 nitrogen and oxygen atoms in total. The molecule has 0 radical (unpaired) electrons. The van der Waals surface area contributed by atoms with Gasteiger partial charge >= 0.3 is 5.97 Å². The molecule has 1 aliphatic carbocycles. The van der Waals surface area contributed by atoms with E-state index >= 15 is 0 Å². The summed E-state index contributed by atoms with van der Waals surface area (Å²) >= 11 is 5.96. The zero-order valence-electron chi connectivity index (χ0n) is 12.3. The van der Waals surface area contributed by atoms with Crippen molar-refractivity contribution < 1.29 is 27.9 Å². The number of aliphatic carboxylic acids is 1. The molecule has 1 aliphatic rings. The van der Waals surface area contributed by atoms with Gasteiger partial charge < -0.3 is 15.2 Å². The molecular weight excluding hydrogens is 346 g/mol. The molecule has 1 aromatic carbocycles. The van der Waals surface area contributed by atoms with Crippen molar-refractivity contribution in [1.82, 2.24) is 0 Å². The quantitative estimate of drug-likeness (QED) is 0.798. The van der Waals surface area contributed by atoms with E-state index in [0.29, 0.717) is 24.9 Å². The van der Waals surface area contributed by atoms with Gasteiger partial charge in [0.15, 0.2) is 21.2 Å². The second-order valence-electron chi connectivity index (χ2n) is 5.40. The van der Waals surface area contributed by atoms with Crippen molar-refractivity contribution in [3.63, 3.8) is 0 Å². The number of anilines is 1. The molecule has 1 aromatic rings. The minimum atomic E-state index is -3.52. The van der Waals surface area contributed by atoms with Crippen LogP contribution in [-0.4, -0.2) is 43.0 Å². The average molecular weight is 362 g/mol. The summed E-state index contributed by atoms with van der Waals surface area (Å²) in [5.41, 5.74) is 0.317. The fraction of sp³-hybridized carbons (Fsp3) is 0.429. The predicted molar refractivity (Wildman–Crippen MR) is 84.6 cm³/mol. The zero-order chi connectivity index (χ0) is 17.3. The van der Waals surface area contributed by atoms with E-state index in [0.717, 1.165) is 6.26 Å². The Morgan fingerprint density at radius 3 is 2.48 bits per heavy atom. The molecule has 0 bridgehead atoms. The lowest BCUT2D eigenvalue weighted by Gasteiger charge is -2.38. The number of carboxylic acid groups (broad SMARTS) is 1. The summed E-state index contributed by atoms with van der Waals surface area (Å²) in [7, 11) is -3.52. The first-order valence-corrected chi connectivity index (χ1v) is 9.08. The number of hydrogen-bond donors (Lipinski definition) is 2. The van der Waals surface area contributed by atoms with E-state index in [-0.39, 0.29) is 10.8 Å². The average Bonchev–Trinajstić information content (AvgIpc) is 2.34. The van der Waals surface area contributed by atoms with Crippen LogP contribution in [0.3, 0.4) is 0 Å². The monoisotopic (exact) mass is 361 g/mol. The molecular formula is C14H16ClNO6S. The van der Waals surface area contributed by atoms with Crippen molar-refractivity contribution in [2.45, 2.75) is 24.0 Å². The molecule has 0 aliphatic heterocycles. The van der Waals surface area contributed by atoms with Gasteiger partial charge in [0, 0.05) is 11.9 Å². The molecule has 126 valence electrons. The van der Waals surface area contributed by atoms with Gasteiger partial charge in [-0.25, -0.2) is 13.2 Å². The first-order chi connectivity index (χ1) is 10.7. The molecule has 0 atom stereocenters. The Bertz CT molecular complexity index is 742. The summed E-state index contributed by atoms with van der Waals surface area (Å²) in [5.74, 6) is -1.56. The van der Waals surface area contributed by atoms with E-state index in [1.165, 1.54) is 18.2 Å². The highest BCUT2D eigenvalue weighted by molar-refractivity contribution is 7.93. The van der Waals surface area contributed by atoms with Crippen LogP contribution in [0.5, 0.6) is 5.75 Å². The Morgan fingerprint density at radius 1 is 1.39 bits per heavy atom. The molecule has 1 fully saturated rings. The molecule has 1 saturated carbocycles. The predicted octanol–water partition coefficient (Wildman–Crippen LogP) is 1.71. The summed E-state index contributed by atoms with van der Waals surface area (Å²) in [6, 6.07) is 4.26. The number of amides is 1. The van der Waals surface area contributed by atoms with E-state index in [2.05, 4.69) is 5.32 Å². The lowest BCUT2D eigenvalue weighted by Crippen LogP contribution is -2.54. The summed E-state index contributed by atoms with van der Waals surface area (Å²) in [6.45, 7) is -0.539. The Balaban J connectivity index is 2.13. The minimum Gasteiger partial charge on any atom is -0.480 e. The molecule has 1 amide bonds. The molecule has 0 unspecified atom stereocenters. The van der Waals surface area contributed by atoms with Gasteiger partial charge in [0.1, 0.15) is 5.75 Å². The second-order valence-corrected chi connectivity index (χ2v) is 8.13. The number of halogens is 1. The van der Waals surface area contributed by atoms with Gasteiger partial charge in [-0.15, -0.1) is 0 Å². The number of sulfone groups is 1. The molecule has 0 heterocycles. The van der Waals surface area contributed by atoms with Gasteiger partial charge in [0.05, 0.1) is 5.02 Å². The number of nitrogens with one attached hydrogen (secondary N) is 1. The SMILES string of the molecule is CS(=O)(=O)C1(C(=O)Nc2ccc(OCC(=O)O)c(Cl)c2)CCC1. The Morgan fingerprint density at radius 2 is 2.04 bits per heavy atom. The summed E-state index contributed by atoms with van der Waals surface area (Å²) < 4.78 is 27.3. The lowest BCUT2D eigenvalue weighted by molar-refractivity contribution is -0.139. The van der Waals surface area contributed by atoms with Gasteiger partial charge in [-0.1, -0.05) is 11.6 Å². The van der Waals surface area contributed by atoms with Crippen LogP contribution in [0.1, 0.15) is 19.3 Å². The summed E-state index contributed by atoms with van der Waals surface area (Å²) in [5, 5.41) is 11.2. The summed E-state index contributed by atoms with van der Waals surface area (Å²) in [6.07, 6.45) is 2.33. The van der Waals surface area contributed by atoms with Gasteiger partial charge in [-0.3, -0.25) is 4.79 Å². The largest absolute Gasteiger partial charge is 0.480 e. The fourth-order valence-corrected chi connectivity index (χ4v) is 4.00. The standard InChI is InChI=1S/C14H16ClNO6S/c1-23(20,21)14(5-2-6-14)13(19)16-9-3-4-11(10(15)7-9)22-8-12(17)18/h3-4,7H,2,5-6,8H2,1H3,(H,16,19)(H,17,18). The number of rotatable bonds is 6. The van der Waals surface area contributed by atoms with Crippen molar-refractivity contribution in [2.75, 3.05) is 18.2 Å². The number of carbonyl (C=O) groups excluding carboxylic acids is 1. The fourth-order valence-electron chi connectivity index (χ4n) is 2.34. The van der Waals surface area contributed by atoms with Gasteiger partial charge in [-0.05, 0) is 37.5 Å². The molecule has 0 saturated heterocycles. The first kappa shape index (κ1) is 17.6. The van der Waals surface area contributed by atoms with E-state index in [1.807, 2.05) is 0 Å². The van der Waals surface area contributed by atoms with Crippen LogP contribution >= 0.6 is 11.6 Å². The third-order valence-electron chi connectivity index (χ3n) is 3.83. The molecule has 0 aromatic heterocycles. The van der Waals surface area contributed by atoms with Gasteiger partial charge in [0.25, 0.3) is 0 Å².